The molecule has 0 fully saturated rings. The molecule has 0 saturated heterocycles. The van der Waals surface area contributed by atoms with Crippen molar-refractivity contribution in [2.45, 2.75) is 6.92 Å². The van der Waals surface area contributed by atoms with Crippen molar-refractivity contribution in [3.05, 3.63) is 81.2 Å². The fourth-order valence-corrected chi connectivity index (χ4v) is 2.99. The topological polar surface area (TPSA) is 22.0 Å². The number of halogens is 1. The molecule has 110 valence electrons. The molecule has 2 nitrogen and oxygen atoms in total. The smallest absolute Gasteiger partial charge is 0.197 e. The summed E-state index contributed by atoms with van der Waals surface area (Å²) < 4.78 is 2.91. The average molecular weight is 354 g/mol. The van der Waals surface area contributed by atoms with E-state index in [9.17, 15) is 4.79 Å². The number of rotatable bonds is 2. The van der Waals surface area contributed by atoms with Crippen molar-refractivity contribution in [3.8, 4) is 22.3 Å². The summed E-state index contributed by atoms with van der Waals surface area (Å²) in [5.74, 6) is 0. The molecule has 0 amide bonds. The number of aromatic nitrogens is 1. The van der Waals surface area contributed by atoms with Crippen LogP contribution in [0.25, 0.3) is 22.3 Å². The maximum absolute atomic E-state index is 12.9. The number of aryl methyl sites for hydroxylation is 2. The molecule has 3 heteroatoms. The summed E-state index contributed by atoms with van der Waals surface area (Å²) in [7, 11) is 1.94. The summed E-state index contributed by atoms with van der Waals surface area (Å²) in [6.45, 7) is 2.03. The van der Waals surface area contributed by atoms with Crippen LogP contribution in [0, 0.1) is 6.92 Å². The van der Waals surface area contributed by atoms with E-state index in [4.69, 9.17) is 0 Å². The van der Waals surface area contributed by atoms with Gasteiger partial charge in [0.05, 0.1) is 0 Å². The first-order valence-electron chi connectivity index (χ1n) is 7.08. The first kappa shape index (κ1) is 14.8. The van der Waals surface area contributed by atoms with Gasteiger partial charge in [-0.2, -0.15) is 0 Å². The van der Waals surface area contributed by atoms with Crippen LogP contribution >= 0.6 is 15.9 Å². The van der Waals surface area contributed by atoms with Crippen LogP contribution in [0.15, 0.2) is 70.2 Å². The summed E-state index contributed by atoms with van der Waals surface area (Å²) in [6.07, 6.45) is 3.77. The van der Waals surface area contributed by atoms with Gasteiger partial charge in [-0.3, -0.25) is 4.79 Å². The van der Waals surface area contributed by atoms with E-state index in [2.05, 4.69) is 15.9 Å². The lowest BCUT2D eigenvalue weighted by atomic mass is 10.00. The molecule has 0 aliphatic carbocycles. The first-order valence-corrected chi connectivity index (χ1v) is 7.87. The zero-order chi connectivity index (χ0) is 15.7. The fourth-order valence-electron chi connectivity index (χ4n) is 2.59. The molecule has 0 N–H and O–H groups in total. The Balaban J connectivity index is 2.24. The highest BCUT2D eigenvalue weighted by atomic mass is 79.9. The van der Waals surface area contributed by atoms with Crippen LogP contribution < -0.4 is 5.43 Å². The summed E-state index contributed by atoms with van der Waals surface area (Å²) in [4.78, 5) is 12.9. The van der Waals surface area contributed by atoms with E-state index >= 15 is 0 Å². The fraction of sp³-hybridized carbons (Fsp3) is 0.105. The van der Waals surface area contributed by atoms with Gasteiger partial charge in [0.25, 0.3) is 0 Å². The van der Waals surface area contributed by atoms with Gasteiger partial charge in [-0.25, -0.2) is 0 Å². The molecule has 0 aliphatic rings. The normalized spacial score (nSPS) is 10.7. The Morgan fingerprint density at radius 1 is 0.909 bits per heavy atom. The van der Waals surface area contributed by atoms with Crippen LogP contribution in [0.5, 0.6) is 0 Å². The molecule has 2 aromatic carbocycles. The van der Waals surface area contributed by atoms with E-state index in [-0.39, 0.29) is 5.43 Å². The third kappa shape index (κ3) is 2.90. The maximum atomic E-state index is 12.9. The van der Waals surface area contributed by atoms with Crippen molar-refractivity contribution in [1.82, 2.24) is 4.57 Å². The molecule has 3 aromatic rings. The molecule has 0 saturated carbocycles. The van der Waals surface area contributed by atoms with Gasteiger partial charge < -0.3 is 4.57 Å². The van der Waals surface area contributed by atoms with Crippen LogP contribution in [0.3, 0.4) is 0 Å². The van der Waals surface area contributed by atoms with Gasteiger partial charge in [-0.15, -0.1) is 0 Å². The molecule has 22 heavy (non-hydrogen) atoms. The van der Waals surface area contributed by atoms with Gasteiger partial charge in [-0.1, -0.05) is 57.9 Å². The maximum Gasteiger partial charge on any atom is 0.197 e. The zero-order valence-corrected chi connectivity index (χ0v) is 14.1. The highest BCUT2D eigenvalue weighted by molar-refractivity contribution is 9.10. The van der Waals surface area contributed by atoms with Gasteiger partial charge in [0.2, 0.25) is 0 Å². The van der Waals surface area contributed by atoms with Gasteiger partial charge >= 0.3 is 0 Å². The average Bonchev–Trinajstić information content (AvgIpc) is 2.49. The summed E-state index contributed by atoms with van der Waals surface area (Å²) >= 11 is 3.47. The molecular weight excluding hydrogens is 338 g/mol. The van der Waals surface area contributed by atoms with Gasteiger partial charge in [0.15, 0.2) is 5.43 Å². The number of hydrogen-bond donors (Lipinski definition) is 0. The Hall–Kier alpha value is -2.13. The molecular formula is C19H16BrNO. The second-order valence-electron chi connectivity index (χ2n) is 5.46. The summed E-state index contributed by atoms with van der Waals surface area (Å²) in [6, 6.07) is 15.9. The third-order valence-electron chi connectivity index (χ3n) is 3.62. The largest absolute Gasteiger partial charge is 0.356 e. The minimum atomic E-state index is 0.0572. The van der Waals surface area contributed by atoms with E-state index in [1.54, 1.807) is 0 Å². The van der Waals surface area contributed by atoms with Crippen molar-refractivity contribution < 1.29 is 0 Å². The van der Waals surface area contributed by atoms with Crippen molar-refractivity contribution in [3.63, 3.8) is 0 Å². The molecule has 1 heterocycles. The first-order chi connectivity index (χ1) is 10.5. The van der Waals surface area contributed by atoms with Crippen LogP contribution in [-0.2, 0) is 7.05 Å². The third-order valence-corrected chi connectivity index (χ3v) is 4.11. The monoisotopic (exact) mass is 353 g/mol. The van der Waals surface area contributed by atoms with Crippen molar-refractivity contribution in [2.75, 3.05) is 0 Å². The van der Waals surface area contributed by atoms with Crippen LogP contribution in [-0.4, -0.2) is 4.57 Å². The zero-order valence-electron chi connectivity index (χ0n) is 12.5. The highest BCUT2D eigenvalue weighted by Crippen LogP contribution is 2.23. The Kier molecular flexibility index (Phi) is 3.99. The Labute approximate surface area is 138 Å². The second kappa shape index (κ2) is 5.93. The minimum Gasteiger partial charge on any atom is -0.356 e. The Morgan fingerprint density at radius 3 is 2.09 bits per heavy atom. The predicted octanol–water partition coefficient (Wildman–Crippen LogP) is 4.79. The standard InChI is InChI=1S/C19H16BrNO/c1-13-5-3-6-14(9-13)17-11-21(2)12-18(19(17)22)15-7-4-8-16(20)10-15/h3-12H,1-2H3. The Bertz CT molecular complexity index is 826. The molecule has 0 atom stereocenters. The van der Waals surface area contributed by atoms with Gasteiger partial charge in [0, 0.05) is 35.0 Å². The lowest BCUT2D eigenvalue weighted by Crippen LogP contribution is -2.11. The Morgan fingerprint density at radius 2 is 1.50 bits per heavy atom. The van der Waals surface area contributed by atoms with E-state index in [0.717, 1.165) is 26.7 Å². The lowest BCUT2D eigenvalue weighted by Gasteiger charge is -2.10. The number of pyridine rings is 1. The van der Waals surface area contributed by atoms with Crippen LogP contribution in [0.1, 0.15) is 5.56 Å². The van der Waals surface area contributed by atoms with E-state index in [0.29, 0.717) is 5.56 Å². The number of nitrogens with zero attached hydrogens (tertiary/aromatic N) is 1. The molecule has 0 spiro atoms. The van der Waals surface area contributed by atoms with Crippen molar-refractivity contribution in [1.29, 1.82) is 0 Å². The molecule has 0 unspecified atom stereocenters. The van der Waals surface area contributed by atoms with Crippen molar-refractivity contribution >= 4 is 15.9 Å². The molecule has 0 bridgehead atoms. The minimum absolute atomic E-state index is 0.0572. The van der Waals surface area contributed by atoms with Crippen LogP contribution in [0.2, 0.25) is 0 Å². The predicted molar refractivity (Wildman–Crippen MR) is 95.0 cm³/mol. The molecule has 0 aliphatic heterocycles. The molecule has 1 aromatic heterocycles. The second-order valence-corrected chi connectivity index (χ2v) is 6.38. The van der Waals surface area contributed by atoms with Gasteiger partial charge in [-0.05, 0) is 30.2 Å². The van der Waals surface area contributed by atoms with Crippen molar-refractivity contribution in [2.24, 2.45) is 7.05 Å². The van der Waals surface area contributed by atoms with Gasteiger partial charge in [0.1, 0.15) is 0 Å². The van der Waals surface area contributed by atoms with E-state index < -0.39 is 0 Å². The molecule has 0 radical (unpaired) electrons. The SMILES string of the molecule is Cc1cccc(-c2cn(C)cc(-c3cccc(Br)c3)c2=O)c1. The highest BCUT2D eigenvalue weighted by Gasteiger charge is 2.11. The summed E-state index contributed by atoms with van der Waals surface area (Å²) in [5, 5.41) is 0. The van der Waals surface area contributed by atoms with Crippen LogP contribution in [0.4, 0.5) is 0 Å². The molecule has 3 rings (SSSR count). The van der Waals surface area contributed by atoms with E-state index in [1.807, 2.05) is 79.5 Å². The number of hydrogen-bond acceptors (Lipinski definition) is 1. The quantitative estimate of drug-likeness (QED) is 0.649. The lowest BCUT2D eigenvalue weighted by molar-refractivity contribution is 0.904. The summed E-state index contributed by atoms with van der Waals surface area (Å²) in [5.41, 5.74) is 4.52. The van der Waals surface area contributed by atoms with E-state index in [1.165, 1.54) is 0 Å². The number of benzene rings is 2.